The van der Waals surface area contributed by atoms with Crippen LogP contribution in [0.1, 0.15) is 41.0 Å². The molecule has 4 heteroatoms. The molecule has 4 nitrogen and oxygen atoms in total. The van der Waals surface area contributed by atoms with E-state index in [1.807, 2.05) is 0 Å². The van der Waals surface area contributed by atoms with Gasteiger partial charge >= 0.3 is 0 Å². The third kappa shape index (κ3) is 7.71. The lowest BCUT2D eigenvalue weighted by Gasteiger charge is -2.39. The fourth-order valence-electron chi connectivity index (χ4n) is 1.87. The van der Waals surface area contributed by atoms with E-state index in [4.69, 9.17) is 0 Å². The minimum atomic E-state index is 0.839. The second-order valence-electron chi connectivity index (χ2n) is 4.41. The SMILES string of the molecule is CCC1CN(CC)NN(CC)C1.CCNCC. The normalized spacial score (nSPS) is 18.9. The summed E-state index contributed by atoms with van der Waals surface area (Å²) in [6.45, 7) is 17.6. The summed E-state index contributed by atoms with van der Waals surface area (Å²) in [5.41, 5.74) is 3.38. The Morgan fingerprint density at radius 3 is 1.65 bits per heavy atom. The zero-order chi connectivity index (χ0) is 13.1. The maximum Gasteiger partial charge on any atom is 0.0185 e. The smallest absolute Gasteiger partial charge is 0.0185 e. The minimum absolute atomic E-state index is 0.839. The molecule has 1 aliphatic heterocycles. The van der Waals surface area contributed by atoms with Crippen LogP contribution in [0, 0.1) is 5.92 Å². The Hall–Kier alpha value is -0.160. The van der Waals surface area contributed by atoms with Crippen molar-refractivity contribution in [2.24, 2.45) is 5.92 Å². The summed E-state index contributed by atoms with van der Waals surface area (Å²) in [6.07, 6.45) is 1.29. The van der Waals surface area contributed by atoms with Crippen molar-refractivity contribution in [1.29, 1.82) is 0 Å². The van der Waals surface area contributed by atoms with Crippen molar-refractivity contribution < 1.29 is 0 Å². The maximum absolute atomic E-state index is 3.38. The second-order valence-corrected chi connectivity index (χ2v) is 4.41. The molecule has 0 saturated carbocycles. The first-order valence-corrected chi connectivity index (χ1v) is 7.18. The molecule has 2 N–H and O–H groups in total. The molecule has 0 aliphatic carbocycles. The average molecular weight is 244 g/mol. The van der Waals surface area contributed by atoms with E-state index in [1.54, 1.807) is 0 Å². The van der Waals surface area contributed by atoms with Gasteiger partial charge in [0.1, 0.15) is 0 Å². The van der Waals surface area contributed by atoms with E-state index in [2.05, 4.69) is 55.5 Å². The van der Waals surface area contributed by atoms with E-state index < -0.39 is 0 Å². The lowest BCUT2D eigenvalue weighted by molar-refractivity contribution is -0.0378. The number of rotatable bonds is 5. The monoisotopic (exact) mass is 244 g/mol. The molecule has 1 saturated heterocycles. The molecule has 0 atom stereocenters. The zero-order valence-corrected chi connectivity index (χ0v) is 12.4. The summed E-state index contributed by atoms with van der Waals surface area (Å²) in [4.78, 5) is 0. The largest absolute Gasteiger partial charge is 0.317 e. The zero-order valence-electron chi connectivity index (χ0n) is 12.4. The standard InChI is InChI=1S/C9H21N3.C4H11N/c1-4-9-7-11(5-2)10-12(6-3)8-9;1-3-5-4-2/h9-10H,4-8H2,1-3H3;5H,3-4H2,1-2H3. The molecule has 1 aliphatic rings. The van der Waals surface area contributed by atoms with Gasteiger partial charge in [-0.3, -0.25) is 0 Å². The van der Waals surface area contributed by atoms with Gasteiger partial charge in [-0.15, -0.1) is 0 Å². The Kier molecular flexibility index (Phi) is 10.9. The lowest BCUT2D eigenvalue weighted by atomic mass is 10.1. The van der Waals surface area contributed by atoms with Crippen LogP contribution in [0.2, 0.25) is 0 Å². The molecule has 17 heavy (non-hydrogen) atoms. The first-order chi connectivity index (χ1) is 8.21. The Balaban J connectivity index is 0.000000437. The van der Waals surface area contributed by atoms with Gasteiger partial charge < -0.3 is 5.32 Å². The van der Waals surface area contributed by atoms with Crippen molar-refractivity contribution in [1.82, 2.24) is 20.9 Å². The Labute approximate surface area is 108 Å². The number of nitrogens with one attached hydrogen (secondary N) is 2. The molecule has 0 aromatic heterocycles. The van der Waals surface area contributed by atoms with Gasteiger partial charge in [0.25, 0.3) is 0 Å². The van der Waals surface area contributed by atoms with Crippen LogP contribution in [0.5, 0.6) is 0 Å². The number of hydrogen-bond donors (Lipinski definition) is 2. The highest BCUT2D eigenvalue weighted by Crippen LogP contribution is 2.10. The summed E-state index contributed by atoms with van der Waals surface area (Å²) in [7, 11) is 0. The molecule has 1 fully saturated rings. The van der Waals surface area contributed by atoms with Crippen molar-refractivity contribution in [3.8, 4) is 0 Å². The first kappa shape index (κ1) is 16.8. The molecule has 0 bridgehead atoms. The van der Waals surface area contributed by atoms with Gasteiger partial charge in [0.2, 0.25) is 0 Å². The Morgan fingerprint density at radius 1 is 0.941 bits per heavy atom. The number of nitrogens with zero attached hydrogens (tertiary/aromatic N) is 2. The van der Waals surface area contributed by atoms with Gasteiger partial charge in [-0.1, -0.05) is 41.0 Å². The third-order valence-corrected chi connectivity index (χ3v) is 3.08. The summed E-state index contributed by atoms with van der Waals surface area (Å²) >= 11 is 0. The predicted octanol–water partition coefficient (Wildman–Crippen LogP) is 1.71. The van der Waals surface area contributed by atoms with Crippen LogP contribution in [-0.4, -0.2) is 49.3 Å². The van der Waals surface area contributed by atoms with Crippen molar-refractivity contribution in [3.05, 3.63) is 0 Å². The van der Waals surface area contributed by atoms with E-state index in [0.29, 0.717) is 0 Å². The second kappa shape index (κ2) is 11.0. The number of hydrogen-bond acceptors (Lipinski definition) is 4. The van der Waals surface area contributed by atoms with Crippen LogP contribution < -0.4 is 10.9 Å². The van der Waals surface area contributed by atoms with E-state index >= 15 is 0 Å². The van der Waals surface area contributed by atoms with E-state index in [0.717, 1.165) is 32.1 Å². The van der Waals surface area contributed by atoms with Crippen LogP contribution >= 0.6 is 0 Å². The van der Waals surface area contributed by atoms with Crippen LogP contribution in [-0.2, 0) is 0 Å². The van der Waals surface area contributed by atoms with Gasteiger partial charge in [0, 0.05) is 26.2 Å². The van der Waals surface area contributed by atoms with Crippen LogP contribution in [0.25, 0.3) is 0 Å². The molecular weight excluding hydrogens is 212 g/mol. The number of hydrazine groups is 2. The Bertz CT molecular complexity index is 132. The molecule has 0 spiro atoms. The maximum atomic E-state index is 3.38. The Morgan fingerprint density at radius 2 is 1.41 bits per heavy atom. The van der Waals surface area contributed by atoms with Gasteiger partial charge in [0.15, 0.2) is 0 Å². The molecule has 0 unspecified atom stereocenters. The lowest BCUT2D eigenvalue weighted by Crippen LogP contribution is -2.58. The molecule has 1 heterocycles. The van der Waals surface area contributed by atoms with Crippen LogP contribution in [0.15, 0.2) is 0 Å². The van der Waals surface area contributed by atoms with Gasteiger partial charge in [0.05, 0.1) is 0 Å². The van der Waals surface area contributed by atoms with E-state index in [1.165, 1.54) is 19.5 Å². The molecule has 0 radical (unpaired) electrons. The highest BCUT2D eigenvalue weighted by atomic mass is 15.8. The minimum Gasteiger partial charge on any atom is -0.317 e. The van der Waals surface area contributed by atoms with Crippen molar-refractivity contribution >= 4 is 0 Å². The molecule has 104 valence electrons. The fourth-order valence-corrected chi connectivity index (χ4v) is 1.87. The van der Waals surface area contributed by atoms with E-state index in [9.17, 15) is 0 Å². The molecular formula is C13H32N4. The summed E-state index contributed by atoms with van der Waals surface area (Å²) < 4.78 is 0. The average Bonchev–Trinajstić information content (AvgIpc) is 2.39. The first-order valence-electron chi connectivity index (χ1n) is 7.18. The molecule has 0 aromatic carbocycles. The van der Waals surface area contributed by atoms with Crippen LogP contribution in [0.3, 0.4) is 0 Å². The van der Waals surface area contributed by atoms with Gasteiger partial charge in [-0.25, -0.2) is 10.0 Å². The highest BCUT2D eigenvalue weighted by molar-refractivity contribution is 4.69. The fraction of sp³-hybridized carbons (Fsp3) is 1.00. The molecule has 0 aromatic rings. The summed E-state index contributed by atoms with van der Waals surface area (Å²) in [6, 6.07) is 0. The third-order valence-electron chi connectivity index (χ3n) is 3.08. The predicted molar refractivity (Wildman–Crippen MR) is 75.6 cm³/mol. The summed E-state index contributed by atoms with van der Waals surface area (Å²) in [5.74, 6) is 0.839. The van der Waals surface area contributed by atoms with Crippen molar-refractivity contribution in [2.45, 2.75) is 41.0 Å². The van der Waals surface area contributed by atoms with Gasteiger partial charge in [-0.2, -0.15) is 5.53 Å². The quantitative estimate of drug-likeness (QED) is 0.771. The van der Waals surface area contributed by atoms with E-state index in [-0.39, 0.29) is 0 Å². The molecule has 0 amide bonds. The van der Waals surface area contributed by atoms with Crippen LogP contribution in [0.4, 0.5) is 0 Å². The van der Waals surface area contributed by atoms with Crippen molar-refractivity contribution in [3.63, 3.8) is 0 Å². The highest BCUT2D eigenvalue weighted by Gasteiger charge is 2.21. The van der Waals surface area contributed by atoms with Gasteiger partial charge in [-0.05, 0) is 19.0 Å². The van der Waals surface area contributed by atoms with Crippen molar-refractivity contribution in [2.75, 3.05) is 39.3 Å². The molecule has 1 rings (SSSR count). The topological polar surface area (TPSA) is 30.5 Å². The summed E-state index contributed by atoms with van der Waals surface area (Å²) in [5, 5.41) is 7.70.